The first-order chi connectivity index (χ1) is 5.68. The second kappa shape index (κ2) is 2.30. The van der Waals surface area contributed by atoms with Gasteiger partial charge in [0.2, 0.25) is 0 Å². The van der Waals surface area contributed by atoms with Gasteiger partial charge in [0.05, 0.1) is 11.2 Å². The van der Waals surface area contributed by atoms with Crippen molar-refractivity contribution in [2.75, 3.05) is 0 Å². The average molecular weight is 164 g/mol. The second-order valence-electron chi connectivity index (χ2n) is 2.87. The summed E-state index contributed by atoms with van der Waals surface area (Å²) in [6, 6.07) is 4.71. The van der Waals surface area contributed by atoms with Crippen molar-refractivity contribution in [3.8, 4) is 0 Å². The van der Waals surface area contributed by atoms with E-state index in [1.54, 1.807) is 10.7 Å². The van der Waals surface area contributed by atoms with Gasteiger partial charge in [0, 0.05) is 12.4 Å². The number of benzene rings is 1. The highest BCUT2D eigenvalue weighted by atomic mass is 19.1. The normalized spacial score (nSPS) is 10.9. The summed E-state index contributed by atoms with van der Waals surface area (Å²) in [6.45, 7) is 1.92. The van der Waals surface area contributed by atoms with Crippen LogP contribution in [0.1, 0.15) is 5.69 Å². The molecule has 0 aliphatic heterocycles. The molecule has 0 saturated heterocycles. The van der Waals surface area contributed by atoms with E-state index >= 15 is 0 Å². The molecule has 0 fully saturated rings. The third-order valence-electron chi connectivity index (χ3n) is 2.00. The third-order valence-corrected chi connectivity index (χ3v) is 2.00. The van der Waals surface area contributed by atoms with Crippen LogP contribution in [0.2, 0.25) is 0 Å². The largest absolute Gasteiger partial charge is 0.268 e. The summed E-state index contributed by atoms with van der Waals surface area (Å²) in [7, 11) is 1.81. The van der Waals surface area contributed by atoms with Crippen LogP contribution < -0.4 is 0 Å². The van der Waals surface area contributed by atoms with Gasteiger partial charge in [0.1, 0.15) is 5.82 Å². The first kappa shape index (κ1) is 7.28. The average Bonchev–Trinajstić information content (AvgIpc) is 2.28. The summed E-state index contributed by atoms with van der Waals surface area (Å²) >= 11 is 0. The molecule has 2 nitrogen and oxygen atoms in total. The Labute approximate surface area is 69.6 Å². The number of aromatic nitrogens is 2. The van der Waals surface area contributed by atoms with Gasteiger partial charge < -0.3 is 0 Å². The molecule has 62 valence electrons. The van der Waals surface area contributed by atoms with Crippen LogP contribution in [0.15, 0.2) is 18.2 Å². The molecule has 0 saturated carbocycles. The highest BCUT2D eigenvalue weighted by Crippen LogP contribution is 2.17. The van der Waals surface area contributed by atoms with Gasteiger partial charge in [-0.25, -0.2) is 4.39 Å². The number of aryl methyl sites for hydroxylation is 2. The molecule has 0 aliphatic carbocycles. The van der Waals surface area contributed by atoms with Gasteiger partial charge >= 0.3 is 0 Å². The van der Waals surface area contributed by atoms with Crippen molar-refractivity contribution in [1.29, 1.82) is 0 Å². The maximum absolute atomic E-state index is 12.8. The van der Waals surface area contributed by atoms with E-state index in [-0.39, 0.29) is 5.82 Å². The summed E-state index contributed by atoms with van der Waals surface area (Å²) in [5.74, 6) is -0.217. The summed E-state index contributed by atoms with van der Waals surface area (Å²) in [5, 5.41) is 5.19. The highest BCUT2D eigenvalue weighted by molar-refractivity contribution is 5.81. The van der Waals surface area contributed by atoms with Crippen molar-refractivity contribution in [2.45, 2.75) is 6.92 Å². The zero-order chi connectivity index (χ0) is 8.72. The van der Waals surface area contributed by atoms with Gasteiger partial charge in [-0.2, -0.15) is 5.10 Å². The molecule has 12 heavy (non-hydrogen) atoms. The molecule has 0 unspecified atom stereocenters. The Balaban J connectivity index is 2.90. The van der Waals surface area contributed by atoms with Gasteiger partial charge in [0.15, 0.2) is 0 Å². The zero-order valence-electron chi connectivity index (χ0n) is 7.00. The summed E-state index contributed by atoms with van der Waals surface area (Å²) in [5.41, 5.74) is 1.78. The van der Waals surface area contributed by atoms with Gasteiger partial charge in [-0.1, -0.05) is 0 Å². The van der Waals surface area contributed by atoms with Crippen LogP contribution in [-0.4, -0.2) is 9.78 Å². The van der Waals surface area contributed by atoms with E-state index < -0.39 is 0 Å². The van der Waals surface area contributed by atoms with E-state index in [0.717, 1.165) is 16.6 Å². The number of nitrogens with zero attached hydrogens (tertiary/aromatic N) is 2. The molecule has 0 aliphatic rings. The molecule has 2 rings (SSSR count). The molecule has 2 aromatic rings. The molecule has 0 atom stereocenters. The number of hydrogen-bond donors (Lipinski definition) is 0. The van der Waals surface area contributed by atoms with Crippen LogP contribution >= 0.6 is 0 Å². The predicted molar refractivity (Wildman–Crippen MR) is 45.4 cm³/mol. The van der Waals surface area contributed by atoms with Gasteiger partial charge in [-0.3, -0.25) is 4.68 Å². The molecule has 0 N–H and O–H groups in total. The van der Waals surface area contributed by atoms with Crippen molar-refractivity contribution >= 4 is 10.9 Å². The number of fused-ring (bicyclic) bond motifs is 1. The third kappa shape index (κ3) is 0.897. The van der Waals surface area contributed by atoms with Gasteiger partial charge in [-0.05, 0) is 25.1 Å². The molecule has 1 aromatic heterocycles. The highest BCUT2D eigenvalue weighted by Gasteiger charge is 2.04. The van der Waals surface area contributed by atoms with Crippen LogP contribution in [0.3, 0.4) is 0 Å². The fourth-order valence-corrected chi connectivity index (χ4v) is 1.41. The smallest absolute Gasteiger partial charge is 0.125 e. The van der Waals surface area contributed by atoms with Crippen LogP contribution in [0.4, 0.5) is 4.39 Å². The van der Waals surface area contributed by atoms with E-state index in [1.807, 2.05) is 14.0 Å². The fourth-order valence-electron chi connectivity index (χ4n) is 1.41. The molecule has 1 aromatic carbocycles. The molecular weight excluding hydrogens is 155 g/mol. The van der Waals surface area contributed by atoms with Crippen molar-refractivity contribution in [3.63, 3.8) is 0 Å². The van der Waals surface area contributed by atoms with Crippen LogP contribution in [0.5, 0.6) is 0 Å². The number of hydrogen-bond acceptors (Lipinski definition) is 1. The Morgan fingerprint density at radius 2 is 2.17 bits per heavy atom. The van der Waals surface area contributed by atoms with E-state index in [9.17, 15) is 4.39 Å². The topological polar surface area (TPSA) is 17.8 Å². The number of rotatable bonds is 0. The van der Waals surface area contributed by atoms with Crippen LogP contribution in [0.25, 0.3) is 10.9 Å². The maximum Gasteiger partial charge on any atom is 0.125 e. The molecule has 0 spiro atoms. The molecular formula is C9H9FN2. The quantitative estimate of drug-likeness (QED) is 0.582. The first-order valence-electron chi connectivity index (χ1n) is 3.77. The zero-order valence-corrected chi connectivity index (χ0v) is 7.00. The first-order valence-corrected chi connectivity index (χ1v) is 3.77. The SMILES string of the molecule is Cc1nn(C)c2cc(F)ccc12. The molecule has 0 bridgehead atoms. The van der Waals surface area contributed by atoms with E-state index in [0.29, 0.717) is 0 Å². The standard InChI is InChI=1S/C9H9FN2/c1-6-8-4-3-7(10)5-9(8)12(2)11-6/h3-5H,1-2H3. The lowest BCUT2D eigenvalue weighted by Crippen LogP contribution is -1.89. The molecule has 3 heteroatoms. The van der Waals surface area contributed by atoms with Crippen molar-refractivity contribution < 1.29 is 4.39 Å². The Morgan fingerprint density at radius 1 is 1.42 bits per heavy atom. The minimum absolute atomic E-state index is 0.217. The summed E-state index contributed by atoms with van der Waals surface area (Å²) in [6.07, 6.45) is 0. The summed E-state index contributed by atoms with van der Waals surface area (Å²) in [4.78, 5) is 0. The van der Waals surface area contributed by atoms with E-state index in [1.165, 1.54) is 12.1 Å². The monoisotopic (exact) mass is 164 g/mol. The maximum atomic E-state index is 12.8. The second-order valence-corrected chi connectivity index (χ2v) is 2.87. The Hall–Kier alpha value is -1.38. The number of halogens is 1. The van der Waals surface area contributed by atoms with E-state index in [4.69, 9.17) is 0 Å². The lowest BCUT2D eigenvalue weighted by molar-refractivity contribution is 0.628. The lowest BCUT2D eigenvalue weighted by Gasteiger charge is -1.92. The van der Waals surface area contributed by atoms with Crippen molar-refractivity contribution in [2.24, 2.45) is 7.05 Å². The Bertz CT molecular complexity index is 431. The van der Waals surface area contributed by atoms with Gasteiger partial charge in [-0.15, -0.1) is 0 Å². The Kier molecular flexibility index (Phi) is 1.40. The molecule has 0 radical (unpaired) electrons. The van der Waals surface area contributed by atoms with E-state index in [2.05, 4.69) is 5.10 Å². The predicted octanol–water partition coefficient (Wildman–Crippen LogP) is 2.02. The van der Waals surface area contributed by atoms with Crippen LogP contribution in [0, 0.1) is 12.7 Å². The van der Waals surface area contributed by atoms with Crippen LogP contribution in [-0.2, 0) is 7.05 Å². The molecule has 1 heterocycles. The van der Waals surface area contributed by atoms with Gasteiger partial charge in [0.25, 0.3) is 0 Å². The molecule has 0 amide bonds. The lowest BCUT2D eigenvalue weighted by atomic mass is 10.2. The fraction of sp³-hybridized carbons (Fsp3) is 0.222. The minimum Gasteiger partial charge on any atom is -0.268 e. The van der Waals surface area contributed by atoms with Crippen molar-refractivity contribution in [3.05, 3.63) is 29.7 Å². The summed E-state index contributed by atoms with van der Waals surface area (Å²) < 4.78 is 14.5. The Morgan fingerprint density at radius 3 is 2.92 bits per heavy atom. The minimum atomic E-state index is -0.217. The van der Waals surface area contributed by atoms with Crippen molar-refractivity contribution in [1.82, 2.24) is 9.78 Å².